The van der Waals surface area contributed by atoms with Crippen molar-refractivity contribution in [1.29, 1.82) is 0 Å². The van der Waals surface area contributed by atoms with Crippen molar-refractivity contribution in [2.75, 3.05) is 26.7 Å². The van der Waals surface area contributed by atoms with Gasteiger partial charge >= 0.3 is 5.97 Å². The Morgan fingerprint density at radius 3 is 2.42 bits per heavy atom. The second-order valence-electron chi connectivity index (χ2n) is 18.0. The molecule has 0 unspecified atom stereocenters. The van der Waals surface area contributed by atoms with Crippen LogP contribution in [0.25, 0.3) is 5.57 Å². The quantitative estimate of drug-likeness (QED) is 0.134. The first-order valence-corrected chi connectivity index (χ1v) is 19.1. The van der Waals surface area contributed by atoms with Crippen molar-refractivity contribution in [2.45, 2.75) is 111 Å². The third-order valence-electron chi connectivity index (χ3n) is 15.9. The fraction of sp³-hybridized carbons (Fsp3) is 0.698. The zero-order valence-electron chi connectivity index (χ0n) is 30.9. The molecule has 7 rings (SSSR count). The van der Waals surface area contributed by atoms with Gasteiger partial charge < -0.3 is 15.4 Å². The van der Waals surface area contributed by atoms with E-state index in [4.69, 9.17) is 4.74 Å². The monoisotopic (exact) mass is 651 g/mol. The number of benzene rings is 1. The number of esters is 1. The Balaban J connectivity index is 1.16. The van der Waals surface area contributed by atoms with E-state index in [-0.39, 0.29) is 22.3 Å². The summed E-state index contributed by atoms with van der Waals surface area (Å²) < 4.78 is 4.97. The Morgan fingerprint density at radius 2 is 1.75 bits per heavy atom. The van der Waals surface area contributed by atoms with Crippen LogP contribution < -0.4 is 10.6 Å². The first-order chi connectivity index (χ1) is 22.8. The average Bonchev–Trinajstić information content (AvgIpc) is 3.42. The normalized spacial score (nSPS) is 40.8. The molecule has 1 aromatic carbocycles. The van der Waals surface area contributed by atoms with Gasteiger partial charge in [0.15, 0.2) is 0 Å². The van der Waals surface area contributed by atoms with E-state index < -0.39 is 0 Å². The van der Waals surface area contributed by atoms with Gasteiger partial charge in [0.2, 0.25) is 0 Å². The molecule has 0 bridgehead atoms. The number of aliphatic imine (C=N–C) groups is 1. The van der Waals surface area contributed by atoms with Crippen LogP contribution in [0, 0.1) is 51.2 Å². The molecule has 5 heteroatoms. The lowest BCUT2D eigenvalue weighted by Crippen LogP contribution is -2.68. The smallest absolute Gasteiger partial charge is 0.337 e. The van der Waals surface area contributed by atoms with Gasteiger partial charge in [0.05, 0.1) is 24.9 Å². The van der Waals surface area contributed by atoms with Crippen LogP contribution in [0.15, 0.2) is 53.2 Å². The molecule has 9 atom stereocenters. The molecule has 1 aromatic rings. The molecule has 1 aliphatic heterocycles. The molecule has 0 amide bonds. The van der Waals surface area contributed by atoms with Gasteiger partial charge in [0.25, 0.3) is 0 Å². The summed E-state index contributed by atoms with van der Waals surface area (Å²) in [6, 6.07) is 8.14. The minimum absolute atomic E-state index is 0.0636. The number of carbonyl (C=O) groups excluding carboxylic acids is 1. The van der Waals surface area contributed by atoms with Crippen molar-refractivity contribution in [3.05, 3.63) is 59.3 Å². The third-order valence-corrected chi connectivity index (χ3v) is 15.9. The molecule has 2 N–H and O–H groups in total. The number of rotatable bonds is 7. The van der Waals surface area contributed by atoms with E-state index in [1.807, 2.05) is 12.1 Å². The fourth-order valence-corrected chi connectivity index (χ4v) is 13.3. The van der Waals surface area contributed by atoms with Crippen LogP contribution in [-0.4, -0.2) is 44.1 Å². The molecule has 48 heavy (non-hydrogen) atoms. The average molecular weight is 652 g/mol. The summed E-state index contributed by atoms with van der Waals surface area (Å²) in [5.74, 6) is 6.32. The molecule has 0 aromatic heterocycles. The van der Waals surface area contributed by atoms with Crippen LogP contribution in [0.5, 0.6) is 0 Å². The maximum absolute atomic E-state index is 12.1. The van der Waals surface area contributed by atoms with Crippen molar-refractivity contribution >= 4 is 17.4 Å². The fourth-order valence-electron chi connectivity index (χ4n) is 13.3. The first-order valence-electron chi connectivity index (χ1n) is 19.1. The predicted molar refractivity (Wildman–Crippen MR) is 197 cm³/mol. The third kappa shape index (κ3) is 4.96. The minimum atomic E-state index is -0.270. The van der Waals surface area contributed by atoms with E-state index >= 15 is 0 Å². The number of hydrogen-bond acceptors (Lipinski definition) is 5. The Hall–Kier alpha value is -2.62. The highest BCUT2D eigenvalue weighted by Gasteiger charge is 2.70. The zero-order valence-corrected chi connectivity index (χ0v) is 30.9. The van der Waals surface area contributed by atoms with Gasteiger partial charge in [0, 0.05) is 30.9 Å². The van der Waals surface area contributed by atoms with Gasteiger partial charge in [-0.1, -0.05) is 65.0 Å². The van der Waals surface area contributed by atoms with E-state index in [2.05, 4.69) is 87.8 Å². The molecule has 5 fully saturated rings. The molecule has 1 heterocycles. The molecule has 4 saturated carbocycles. The highest BCUT2D eigenvalue weighted by Crippen LogP contribution is 2.76. The van der Waals surface area contributed by atoms with E-state index in [9.17, 15) is 4.79 Å². The highest BCUT2D eigenvalue weighted by atomic mass is 16.5. The number of fused-ring (bicyclic) bond motifs is 7. The van der Waals surface area contributed by atoms with Crippen LogP contribution in [0.3, 0.4) is 0 Å². The van der Waals surface area contributed by atoms with Crippen LogP contribution in [-0.2, 0) is 4.74 Å². The maximum atomic E-state index is 12.1. The Morgan fingerprint density at radius 1 is 1.00 bits per heavy atom. The van der Waals surface area contributed by atoms with Crippen molar-refractivity contribution in [1.82, 2.24) is 10.6 Å². The summed E-state index contributed by atoms with van der Waals surface area (Å²) in [5.41, 5.74) is 7.10. The predicted octanol–water partition coefficient (Wildman–Crippen LogP) is 9.01. The maximum Gasteiger partial charge on any atom is 0.337 e. The van der Waals surface area contributed by atoms with Gasteiger partial charge in [0.1, 0.15) is 0 Å². The molecule has 6 aliphatic rings. The molecular formula is C43H61N3O2. The highest BCUT2D eigenvalue weighted by molar-refractivity contribution is 5.90. The second kappa shape index (κ2) is 12.0. The molecule has 0 radical (unpaired) electrons. The van der Waals surface area contributed by atoms with E-state index in [1.165, 1.54) is 80.9 Å². The summed E-state index contributed by atoms with van der Waals surface area (Å²) in [4.78, 5) is 16.8. The topological polar surface area (TPSA) is 62.7 Å². The molecule has 5 nitrogen and oxygen atoms in total. The summed E-state index contributed by atoms with van der Waals surface area (Å²) in [5, 5.41) is 7.49. The lowest BCUT2D eigenvalue weighted by atomic mass is 9.33. The van der Waals surface area contributed by atoms with E-state index in [0.717, 1.165) is 44.3 Å². The molecule has 0 spiro atoms. The van der Waals surface area contributed by atoms with Gasteiger partial charge in [-0.15, -0.1) is 0 Å². The Labute approximate surface area is 290 Å². The number of methoxy groups -OCH3 is 1. The molecule has 5 aliphatic carbocycles. The van der Waals surface area contributed by atoms with Crippen LogP contribution >= 0.6 is 0 Å². The molecule has 260 valence electrons. The van der Waals surface area contributed by atoms with Crippen molar-refractivity contribution in [3.63, 3.8) is 0 Å². The van der Waals surface area contributed by atoms with E-state index in [0.29, 0.717) is 34.1 Å². The van der Waals surface area contributed by atoms with Gasteiger partial charge in [-0.3, -0.25) is 0 Å². The standard InChI is InChI=1S/C43H61N3O2/c1-28(2)32-15-21-43(46-26-25-44-27-31-18-24-45-31)23-22-41(6)34(37(32)43)13-14-36-40(5)19-16-33(29-9-11-30(12-10-29)38(47)48-8)39(3,4)35(40)17-20-42(36,41)7/h9-12,16,32,34-37,45-46H,1,13-15,17-26H2,2-8H3/t32-,34+,35-,36+,37+,40-,41+,42+,43-/m0/s1. The Kier molecular flexibility index (Phi) is 8.47. The number of carbonyl (C=O) groups is 1. The minimum Gasteiger partial charge on any atom is -0.465 e. The summed E-state index contributed by atoms with van der Waals surface area (Å²) >= 11 is 0. The number of nitrogens with zero attached hydrogens (tertiary/aromatic N) is 1. The summed E-state index contributed by atoms with van der Waals surface area (Å²) in [6.45, 7) is 22.9. The summed E-state index contributed by atoms with van der Waals surface area (Å²) in [6.07, 6.45) is 15.3. The number of hydrogen-bond donors (Lipinski definition) is 2. The SMILES string of the molecule is C=C(C)[C@@H]1CC[C@]2(NCCN=C=C3CCN3)CC[C@]3(C)[C@H](CC[C@@H]4[C@@]5(C)CC=C(c6ccc(C(=O)OC)cc6)C(C)(C)[C@@H]5CC[C@]43C)[C@@H]12. The summed E-state index contributed by atoms with van der Waals surface area (Å²) in [7, 11) is 1.45. The van der Waals surface area contributed by atoms with E-state index in [1.54, 1.807) is 0 Å². The number of allylic oxidation sites excluding steroid dienone is 3. The van der Waals surface area contributed by atoms with Crippen LogP contribution in [0.1, 0.15) is 122 Å². The van der Waals surface area contributed by atoms with Gasteiger partial charge in [-0.25, -0.2) is 9.79 Å². The lowest BCUT2D eigenvalue weighted by molar-refractivity contribution is -0.219. The first kappa shape index (κ1) is 33.9. The number of nitrogens with one attached hydrogen (secondary N) is 2. The second-order valence-corrected chi connectivity index (χ2v) is 18.0. The Bertz CT molecular complexity index is 1540. The number of ether oxygens (including phenoxy) is 1. The van der Waals surface area contributed by atoms with Crippen molar-refractivity contribution in [2.24, 2.45) is 56.2 Å². The van der Waals surface area contributed by atoms with Crippen molar-refractivity contribution in [3.8, 4) is 0 Å². The van der Waals surface area contributed by atoms with Crippen LogP contribution in [0.4, 0.5) is 0 Å². The molecular weight excluding hydrogens is 590 g/mol. The largest absolute Gasteiger partial charge is 0.465 e. The van der Waals surface area contributed by atoms with Crippen molar-refractivity contribution < 1.29 is 9.53 Å². The van der Waals surface area contributed by atoms with Gasteiger partial charge in [-0.05, 0) is 139 Å². The zero-order chi connectivity index (χ0) is 34.1. The lowest BCUT2D eigenvalue weighted by Gasteiger charge is -2.72. The molecule has 1 saturated heterocycles. The van der Waals surface area contributed by atoms with Crippen LogP contribution in [0.2, 0.25) is 0 Å². The van der Waals surface area contributed by atoms with Gasteiger partial charge in [-0.2, -0.15) is 0 Å².